The van der Waals surface area contributed by atoms with Crippen LogP contribution in [0.5, 0.6) is 0 Å². The summed E-state index contributed by atoms with van der Waals surface area (Å²) in [5.74, 6) is -1.06. The minimum Gasteiger partial charge on any atom is -0.343 e. The van der Waals surface area contributed by atoms with Crippen LogP contribution in [0.25, 0.3) is 0 Å². The second-order valence-electron chi connectivity index (χ2n) is 6.00. The molecule has 1 unspecified atom stereocenters. The highest BCUT2D eigenvalue weighted by Gasteiger charge is 2.53. The van der Waals surface area contributed by atoms with Crippen molar-refractivity contribution in [3.05, 3.63) is 33.3 Å². The fourth-order valence-electron chi connectivity index (χ4n) is 3.48. The van der Waals surface area contributed by atoms with Crippen LogP contribution in [0.15, 0.2) is 12.1 Å². The van der Waals surface area contributed by atoms with Crippen LogP contribution in [0, 0.1) is 6.92 Å². The van der Waals surface area contributed by atoms with Crippen molar-refractivity contribution in [3.63, 3.8) is 0 Å². The van der Waals surface area contributed by atoms with Crippen molar-refractivity contribution in [2.24, 2.45) is 0 Å². The van der Waals surface area contributed by atoms with Gasteiger partial charge in [0.05, 0.1) is 5.54 Å². The first kappa shape index (κ1) is 14.9. The average Bonchev–Trinajstić information content (AvgIpc) is 2.69. The maximum atomic E-state index is 12.9. The Kier molecular flexibility index (Phi) is 3.74. The van der Waals surface area contributed by atoms with E-state index >= 15 is 0 Å². The summed E-state index contributed by atoms with van der Waals surface area (Å²) in [7, 11) is 0. The monoisotopic (exact) mass is 325 g/mol. The summed E-state index contributed by atoms with van der Waals surface area (Å²) < 4.78 is 0. The van der Waals surface area contributed by atoms with E-state index in [2.05, 4.69) is 5.32 Å². The zero-order valence-corrected chi connectivity index (χ0v) is 13.4. The molecule has 1 N–H and O–H groups in total. The van der Waals surface area contributed by atoms with E-state index in [1.807, 2.05) is 0 Å². The molecule has 1 aromatic carbocycles. The second-order valence-corrected chi connectivity index (χ2v) is 6.79. The Balaban J connectivity index is 2.02. The minimum absolute atomic E-state index is 0.0316. The average molecular weight is 326 g/mol. The number of carbonyl (C=O) groups is 2. The summed E-state index contributed by atoms with van der Waals surface area (Å²) in [6.45, 7) is 1.79. The van der Waals surface area contributed by atoms with Gasteiger partial charge in [-0.2, -0.15) is 0 Å². The molecule has 3 rings (SSSR count). The molecule has 1 aliphatic heterocycles. The lowest BCUT2D eigenvalue weighted by Crippen LogP contribution is -2.47. The quantitative estimate of drug-likeness (QED) is 0.798. The standard InChI is InChI=1S/C16H17Cl2NO2/c1-9-11(17)6-5-10(13(9)18)12-14(20)16(19-15(12)21)7-3-2-4-8-16/h5-6,12H,2-4,7-8H2,1H3,(H,19,21). The Bertz CT molecular complexity index is 621. The van der Waals surface area contributed by atoms with E-state index in [1.54, 1.807) is 19.1 Å². The van der Waals surface area contributed by atoms with Gasteiger partial charge in [0.15, 0.2) is 5.78 Å². The molecule has 0 bridgehead atoms. The third-order valence-corrected chi connectivity index (χ3v) is 5.64. The first-order chi connectivity index (χ1) is 9.96. The van der Waals surface area contributed by atoms with Gasteiger partial charge in [0, 0.05) is 10.0 Å². The molecule has 1 spiro atoms. The number of hydrogen-bond acceptors (Lipinski definition) is 2. The molecule has 3 nitrogen and oxygen atoms in total. The zero-order chi connectivity index (χ0) is 15.2. The molecule has 1 heterocycles. The number of ketones is 1. The van der Waals surface area contributed by atoms with E-state index in [0.29, 0.717) is 21.2 Å². The number of Topliss-reactive ketones (excluding diaryl/α,β-unsaturated/α-hetero) is 1. The van der Waals surface area contributed by atoms with E-state index in [0.717, 1.165) is 32.1 Å². The molecule has 0 radical (unpaired) electrons. The number of amides is 1. The fourth-order valence-corrected chi connectivity index (χ4v) is 3.96. The molecule has 1 aliphatic carbocycles. The molecule has 1 atom stereocenters. The van der Waals surface area contributed by atoms with Crippen molar-refractivity contribution in [2.75, 3.05) is 0 Å². The maximum absolute atomic E-state index is 12.9. The number of hydrogen-bond donors (Lipinski definition) is 1. The minimum atomic E-state index is -0.799. The van der Waals surface area contributed by atoms with Crippen molar-refractivity contribution in [1.29, 1.82) is 0 Å². The van der Waals surface area contributed by atoms with Gasteiger partial charge in [-0.25, -0.2) is 0 Å². The predicted molar refractivity (Wildman–Crippen MR) is 82.9 cm³/mol. The van der Waals surface area contributed by atoms with Gasteiger partial charge in [-0.1, -0.05) is 48.5 Å². The highest BCUT2D eigenvalue weighted by molar-refractivity contribution is 6.37. The lowest BCUT2D eigenvalue weighted by Gasteiger charge is -2.31. The third kappa shape index (κ3) is 2.27. The van der Waals surface area contributed by atoms with Crippen molar-refractivity contribution in [1.82, 2.24) is 5.32 Å². The Morgan fingerprint density at radius 1 is 1.14 bits per heavy atom. The van der Waals surface area contributed by atoms with E-state index in [1.165, 1.54) is 0 Å². The van der Waals surface area contributed by atoms with Gasteiger partial charge in [0.25, 0.3) is 0 Å². The second kappa shape index (κ2) is 5.29. The van der Waals surface area contributed by atoms with Gasteiger partial charge in [0.2, 0.25) is 5.91 Å². The molecule has 1 saturated heterocycles. The van der Waals surface area contributed by atoms with Crippen LogP contribution in [0.1, 0.15) is 49.1 Å². The summed E-state index contributed by atoms with van der Waals surface area (Å²) in [4.78, 5) is 25.3. The molecule has 2 aliphatic rings. The van der Waals surface area contributed by atoms with Crippen LogP contribution in [-0.4, -0.2) is 17.2 Å². The number of rotatable bonds is 1. The smallest absolute Gasteiger partial charge is 0.236 e. The van der Waals surface area contributed by atoms with E-state index in [-0.39, 0.29) is 11.7 Å². The molecule has 1 aromatic rings. The lowest BCUT2D eigenvalue weighted by molar-refractivity contribution is -0.125. The number of nitrogens with one attached hydrogen (secondary N) is 1. The van der Waals surface area contributed by atoms with Gasteiger partial charge < -0.3 is 5.32 Å². The molecular formula is C16H17Cl2NO2. The first-order valence-electron chi connectivity index (χ1n) is 7.27. The molecule has 21 heavy (non-hydrogen) atoms. The number of carbonyl (C=O) groups excluding carboxylic acids is 2. The number of benzene rings is 1. The van der Waals surface area contributed by atoms with Crippen molar-refractivity contribution in [3.8, 4) is 0 Å². The van der Waals surface area contributed by atoms with Crippen molar-refractivity contribution < 1.29 is 9.59 Å². The predicted octanol–water partition coefficient (Wildman–Crippen LogP) is 3.79. The van der Waals surface area contributed by atoms with Gasteiger partial charge in [-0.3, -0.25) is 9.59 Å². The summed E-state index contributed by atoms with van der Waals surface area (Å²) >= 11 is 12.4. The molecule has 2 fully saturated rings. The Morgan fingerprint density at radius 2 is 1.81 bits per heavy atom. The fraction of sp³-hybridized carbons (Fsp3) is 0.500. The lowest BCUT2D eigenvalue weighted by atomic mass is 9.77. The van der Waals surface area contributed by atoms with E-state index in [4.69, 9.17) is 23.2 Å². The SMILES string of the molecule is Cc1c(Cl)ccc(C2C(=O)NC3(CCCCC3)C2=O)c1Cl. The topological polar surface area (TPSA) is 46.2 Å². The summed E-state index contributed by atoms with van der Waals surface area (Å²) in [6, 6.07) is 3.40. The van der Waals surface area contributed by atoms with Gasteiger partial charge >= 0.3 is 0 Å². The van der Waals surface area contributed by atoms with Crippen LogP contribution in [0.3, 0.4) is 0 Å². The first-order valence-corrected chi connectivity index (χ1v) is 8.03. The highest BCUT2D eigenvalue weighted by Crippen LogP contribution is 2.42. The largest absolute Gasteiger partial charge is 0.343 e. The van der Waals surface area contributed by atoms with Crippen molar-refractivity contribution >= 4 is 34.9 Å². The van der Waals surface area contributed by atoms with Gasteiger partial charge in [-0.05, 0) is 37.0 Å². The Labute approximate surface area is 134 Å². The molecule has 1 saturated carbocycles. The maximum Gasteiger partial charge on any atom is 0.236 e. The summed E-state index contributed by atoms with van der Waals surface area (Å²) in [6.07, 6.45) is 4.55. The van der Waals surface area contributed by atoms with Crippen LogP contribution in [0.2, 0.25) is 10.0 Å². The van der Waals surface area contributed by atoms with Crippen LogP contribution < -0.4 is 5.32 Å². The third-order valence-electron chi connectivity index (χ3n) is 4.73. The van der Waals surface area contributed by atoms with E-state index in [9.17, 15) is 9.59 Å². The van der Waals surface area contributed by atoms with Gasteiger partial charge in [0.1, 0.15) is 5.92 Å². The summed E-state index contributed by atoms with van der Waals surface area (Å²) in [5, 5.41) is 3.91. The molecular weight excluding hydrogens is 309 g/mol. The van der Waals surface area contributed by atoms with Gasteiger partial charge in [-0.15, -0.1) is 0 Å². The normalized spacial score (nSPS) is 24.4. The Morgan fingerprint density at radius 3 is 2.48 bits per heavy atom. The molecule has 0 aromatic heterocycles. The van der Waals surface area contributed by atoms with Crippen molar-refractivity contribution in [2.45, 2.75) is 50.5 Å². The van der Waals surface area contributed by atoms with Crippen LogP contribution in [-0.2, 0) is 9.59 Å². The van der Waals surface area contributed by atoms with Crippen LogP contribution >= 0.6 is 23.2 Å². The van der Waals surface area contributed by atoms with E-state index < -0.39 is 11.5 Å². The molecule has 1 amide bonds. The van der Waals surface area contributed by atoms with Crippen LogP contribution in [0.4, 0.5) is 0 Å². The highest BCUT2D eigenvalue weighted by atomic mass is 35.5. The zero-order valence-electron chi connectivity index (χ0n) is 11.8. The molecule has 112 valence electrons. The molecule has 5 heteroatoms. The summed E-state index contributed by atoms with van der Waals surface area (Å²) in [5.41, 5.74) is 0.612. The number of halogens is 2. The Hall–Kier alpha value is -1.06.